The van der Waals surface area contributed by atoms with Crippen LogP contribution in [0.3, 0.4) is 0 Å². The van der Waals surface area contributed by atoms with Crippen molar-refractivity contribution in [1.82, 2.24) is 9.97 Å². The fraction of sp³-hybridized carbons (Fsp3) is 0.400. The number of ether oxygens (including phenoxy) is 1. The number of alkyl halides is 3. The van der Waals surface area contributed by atoms with Crippen molar-refractivity contribution >= 4 is 11.8 Å². The number of ketones is 1. The molecule has 1 heterocycles. The lowest BCUT2D eigenvalue weighted by Crippen LogP contribution is -2.38. The molecule has 0 aliphatic rings. The first-order valence-corrected chi connectivity index (χ1v) is 13.0. The molecule has 0 fully saturated rings. The van der Waals surface area contributed by atoms with E-state index in [0.717, 1.165) is 29.9 Å². The van der Waals surface area contributed by atoms with Gasteiger partial charge in [-0.25, -0.2) is 9.97 Å². The van der Waals surface area contributed by atoms with Crippen LogP contribution in [-0.2, 0) is 16.0 Å². The Morgan fingerprint density at radius 1 is 0.789 bits per heavy atom. The predicted molar refractivity (Wildman–Crippen MR) is 140 cm³/mol. The van der Waals surface area contributed by atoms with Gasteiger partial charge in [0, 0.05) is 18.0 Å². The SMILES string of the molecule is CCCCCCCCc1ccc(-c2ccc(-c3ncc(C(=O)C(C(=O)OCC)C(F)(F)F)cn3)cc2)cc1. The normalized spacial score (nSPS) is 12.2. The van der Waals surface area contributed by atoms with Crippen LogP contribution in [0, 0.1) is 5.92 Å². The Kier molecular flexibility index (Phi) is 10.6. The van der Waals surface area contributed by atoms with Gasteiger partial charge in [-0.1, -0.05) is 87.6 Å². The number of nitrogens with zero attached hydrogens (tertiary/aromatic N) is 2. The third-order valence-corrected chi connectivity index (χ3v) is 6.30. The standard InChI is InChI=1S/C30H33F3N2O3/c1-3-5-6-7-8-9-10-21-11-13-22(14-12-21)23-15-17-24(18-16-23)28-34-19-25(20-35-28)27(36)26(30(31,32)33)29(37)38-4-2/h11-20,26H,3-10H2,1-2H3. The minimum atomic E-state index is -5.08. The van der Waals surface area contributed by atoms with Crippen molar-refractivity contribution in [3.8, 4) is 22.5 Å². The highest BCUT2D eigenvalue weighted by atomic mass is 19.4. The molecule has 1 aromatic heterocycles. The Bertz CT molecular complexity index is 1180. The molecule has 8 heteroatoms. The molecule has 0 N–H and O–H groups in total. The molecule has 0 aliphatic carbocycles. The van der Waals surface area contributed by atoms with Crippen LogP contribution in [0.2, 0.25) is 0 Å². The topological polar surface area (TPSA) is 69.2 Å². The maximum atomic E-state index is 13.3. The summed E-state index contributed by atoms with van der Waals surface area (Å²) in [4.78, 5) is 32.2. The molecule has 5 nitrogen and oxygen atoms in total. The fourth-order valence-electron chi connectivity index (χ4n) is 4.17. The van der Waals surface area contributed by atoms with Crippen LogP contribution < -0.4 is 0 Å². The molecule has 2 aromatic carbocycles. The van der Waals surface area contributed by atoms with Crippen LogP contribution in [0.5, 0.6) is 0 Å². The van der Waals surface area contributed by atoms with E-state index < -0.39 is 29.4 Å². The van der Waals surface area contributed by atoms with Gasteiger partial charge in [-0.3, -0.25) is 9.59 Å². The van der Waals surface area contributed by atoms with Crippen molar-refractivity contribution in [2.24, 2.45) is 5.92 Å². The van der Waals surface area contributed by atoms with Gasteiger partial charge in [-0.2, -0.15) is 13.2 Å². The van der Waals surface area contributed by atoms with E-state index in [1.54, 1.807) is 0 Å². The first-order chi connectivity index (χ1) is 18.2. The van der Waals surface area contributed by atoms with E-state index in [1.807, 2.05) is 24.3 Å². The van der Waals surface area contributed by atoms with E-state index in [-0.39, 0.29) is 12.4 Å². The predicted octanol–water partition coefficient (Wildman–Crippen LogP) is 7.64. The van der Waals surface area contributed by atoms with Crippen molar-refractivity contribution in [2.45, 2.75) is 65.0 Å². The van der Waals surface area contributed by atoms with Gasteiger partial charge in [-0.05, 0) is 36.5 Å². The van der Waals surface area contributed by atoms with Crippen molar-refractivity contribution < 1.29 is 27.5 Å². The Morgan fingerprint density at radius 2 is 1.32 bits per heavy atom. The Balaban J connectivity index is 1.63. The number of rotatable bonds is 13. The van der Waals surface area contributed by atoms with E-state index in [2.05, 4.69) is 45.9 Å². The zero-order valence-corrected chi connectivity index (χ0v) is 21.8. The number of carbonyl (C=O) groups excluding carboxylic acids is 2. The van der Waals surface area contributed by atoms with Crippen molar-refractivity contribution in [3.63, 3.8) is 0 Å². The van der Waals surface area contributed by atoms with Gasteiger partial charge < -0.3 is 4.74 Å². The quantitative estimate of drug-likeness (QED) is 0.0991. The van der Waals surface area contributed by atoms with E-state index in [1.165, 1.54) is 51.0 Å². The molecule has 38 heavy (non-hydrogen) atoms. The smallest absolute Gasteiger partial charge is 0.409 e. The lowest BCUT2D eigenvalue weighted by atomic mass is 9.99. The first-order valence-electron chi connectivity index (χ1n) is 13.0. The third-order valence-electron chi connectivity index (χ3n) is 6.30. The number of hydrogen-bond donors (Lipinski definition) is 0. The van der Waals surface area contributed by atoms with Gasteiger partial charge in [0.1, 0.15) is 0 Å². The molecule has 202 valence electrons. The summed E-state index contributed by atoms with van der Waals surface area (Å²) in [6, 6.07) is 16.0. The van der Waals surface area contributed by atoms with E-state index in [9.17, 15) is 22.8 Å². The van der Waals surface area contributed by atoms with Crippen LogP contribution in [-0.4, -0.2) is 34.5 Å². The molecule has 3 rings (SSSR count). The van der Waals surface area contributed by atoms with Crippen molar-refractivity contribution in [3.05, 3.63) is 72.1 Å². The number of unbranched alkanes of at least 4 members (excludes halogenated alkanes) is 5. The lowest BCUT2D eigenvalue weighted by molar-refractivity contribution is -0.187. The van der Waals surface area contributed by atoms with E-state index >= 15 is 0 Å². The zero-order chi connectivity index (χ0) is 27.5. The number of benzene rings is 2. The average Bonchev–Trinajstić information content (AvgIpc) is 2.90. The molecule has 0 radical (unpaired) electrons. The van der Waals surface area contributed by atoms with Crippen LogP contribution in [0.25, 0.3) is 22.5 Å². The molecule has 1 atom stereocenters. The Morgan fingerprint density at radius 3 is 1.87 bits per heavy atom. The van der Waals surface area contributed by atoms with Gasteiger partial charge in [0.25, 0.3) is 0 Å². The monoisotopic (exact) mass is 526 g/mol. The number of Topliss-reactive ketones (excluding diaryl/α,β-unsaturated/α-hetero) is 1. The molecule has 0 bridgehead atoms. The van der Waals surface area contributed by atoms with Crippen LogP contribution in [0.15, 0.2) is 60.9 Å². The molecular weight excluding hydrogens is 493 g/mol. The van der Waals surface area contributed by atoms with Gasteiger partial charge in [0.15, 0.2) is 11.6 Å². The zero-order valence-electron chi connectivity index (χ0n) is 21.8. The number of carbonyl (C=O) groups is 2. The van der Waals surface area contributed by atoms with Crippen LogP contribution in [0.4, 0.5) is 13.2 Å². The molecule has 1 unspecified atom stereocenters. The summed E-state index contributed by atoms with van der Waals surface area (Å²) in [5.74, 6) is -5.74. The van der Waals surface area contributed by atoms with Gasteiger partial charge in [0.05, 0.1) is 12.2 Å². The summed E-state index contributed by atoms with van der Waals surface area (Å²) >= 11 is 0. The average molecular weight is 527 g/mol. The van der Waals surface area contributed by atoms with Crippen molar-refractivity contribution in [1.29, 1.82) is 0 Å². The summed E-state index contributed by atoms with van der Waals surface area (Å²) in [5.41, 5.74) is 3.63. The van der Waals surface area contributed by atoms with Crippen LogP contribution in [0.1, 0.15) is 68.3 Å². The minimum Gasteiger partial charge on any atom is -0.465 e. The number of halogens is 3. The first kappa shape index (κ1) is 29.0. The highest BCUT2D eigenvalue weighted by molar-refractivity contribution is 6.09. The van der Waals surface area contributed by atoms with E-state index in [0.29, 0.717) is 5.56 Å². The molecule has 3 aromatic rings. The second kappa shape index (κ2) is 13.8. The second-order valence-electron chi connectivity index (χ2n) is 9.18. The molecule has 0 spiro atoms. The number of aromatic nitrogens is 2. The summed E-state index contributed by atoms with van der Waals surface area (Å²) in [7, 11) is 0. The number of hydrogen-bond acceptors (Lipinski definition) is 5. The lowest BCUT2D eigenvalue weighted by Gasteiger charge is -2.17. The number of esters is 1. The molecule has 0 aliphatic heterocycles. The summed E-state index contributed by atoms with van der Waals surface area (Å²) in [5, 5.41) is 0. The molecule has 0 saturated carbocycles. The Labute approximate surface area is 221 Å². The van der Waals surface area contributed by atoms with Crippen molar-refractivity contribution in [2.75, 3.05) is 6.61 Å². The maximum Gasteiger partial charge on any atom is 0.409 e. The van der Waals surface area contributed by atoms with Gasteiger partial charge in [-0.15, -0.1) is 0 Å². The highest BCUT2D eigenvalue weighted by Crippen LogP contribution is 2.31. The van der Waals surface area contributed by atoms with Gasteiger partial charge in [0.2, 0.25) is 5.92 Å². The van der Waals surface area contributed by atoms with Gasteiger partial charge >= 0.3 is 12.1 Å². The van der Waals surface area contributed by atoms with E-state index in [4.69, 9.17) is 0 Å². The summed E-state index contributed by atoms with van der Waals surface area (Å²) < 4.78 is 44.4. The molecule has 0 amide bonds. The summed E-state index contributed by atoms with van der Waals surface area (Å²) in [6.07, 6.45) is 5.62. The molecule has 0 saturated heterocycles. The Hall–Kier alpha value is -3.55. The maximum absolute atomic E-state index is 13.3. The molecular formula is C30H33F3N2O3. The highest BCUT2D eigenvalue weighted by Gasteiger charge is 2.51. The largest absolute Gasteiger partial charge is 0.465 e. The fourth-order valence-corrected chi connectivity index (χ4v) is 4.17. The second-order valence-corrected chi connectivity index (χ2v) is 9.18. The minimum absolute atomic E-state index is 0.252. The third kappa shape index (κ3) is 7.97. The summed E-state index contributed by atoms with van der Waals surface area (Å²) in [6.45, 7) is 3.32. The number of aryl methyl sites for hydroxylation is 1. The van der Waals surface area contributed by atoms with Crippen LogP contribution >= 0.6 is 0 Å².